The van der Waals surface area contributed by atoms with E-state index in [1.165, 1.54) is 0 Å². The van der Waals surface area contributed by atoms with Gasteiger partial charge >= 0.3 is 0 Å². The van der Waals surface area contributed by atoms with Crippen LogP contribution in [0.1, 0.15) is 12.8 Å². The zero-order valence-electron chi connectivity index (χ0n) is 9.00. The van der Waals surface area contributed by atoms with E-state index in [2.05, 4.69) is 9.97 Å². The molecule has 1 aromatic heterocycles. The largest absolute Gasteiger partial charge is 0.393 e. The van der Waals surface area contributed by atoms with Gasteiger partial charge in [-0.3, -0.25) is 0 Å². The lowest BCUT2D eigenvalue weighted by atomic mass is 9.93. The van der Waals surface area contributed by atoms with E-state index in [-0.39, 0.29) is 6.61 Å². The molecule has 4 N–H and O–H groups in total. The van der Waals surface area contributed by atoms with Gasteiger partial charge in [0, 0.05) is 19.3 Å². The van der Waals surface area contributed by atoms with E-state index in [0.717, 1.165) is 0 Å². The Bertz CT molecular complexity index is 364. The Labute approximate surface area is 93.7 Å². The van der Waals surface area contributed by atoms with Crippen molar-refractivity contribution in [1.29, 1.82) is 0 Å². The van der Waals surface area contributed by atoms with E-state index >= 15 is 0 Å². The van der Waals surface area contributed by atoms with Gasteiger partial charge in [0.1, 0.15) is 5.82 Å². The summed E-state index contributed by atoms with van der Waals surface area (Å²) in [5, 5.41) is 18.9. The predicted molar refractivity (Wildman–Crippen MR) is 59.9 cm³/mol. The summed E-state index contributed by atoms with van der Waals surface area (Å²) in [6.45, 7) is 1.06. The summed E-state index contributed by atoms with van der Waals surface area (Å²) in [5.74, 6) is 1.02. The van der Waals surface area contributed by atoms with Crippen LogP contribution >= 0.6 is 0 Å². The first kappa shape index (κ1) is 11.1. The summed E-state index contributed by atoms with van der Waals surface area (Å²) in [6.07, 6.45) is 2.65. The first-order valence-electron chi connectivity index (χ1n) is 5.30. The normalized spacial score (nSPS) is 19.8. The summed E-state index contributed by atoms with van der Waals surface area (Å²) >= 11 is 0. The number of aliphatic hydroxyl groups excluding tert-OH is 1. The molecule has 0 radical (unpaired) electrons. The molecule has 6 nitrogen and oxygen atoms in total. The van der Waals surface area contributed by atoms with Crippen LogP contribution in [0.15, 0.2) is 12.3 Å². The third-order valence-corrected chi connectivity index (χ3v) is 2.94. The first-order chi connectivity index (χ1) is 7.63. The number of anilines is 2. The van der Waals surface area contributed by atoms with E-state index in [4.69, 9.17) is 10.8 Å². The Morgan fingerprint density at radius 1 is 1.44 bits per heavy atom. The number of hydrogen-bond acceptors (Lipinski definition) is 6. The fraction of sp³-hybridized carbons (Fsp3) is 0.600. The van der Waals surface area contributed by atoms with Crippen LogP contribution in [0.2, 0.25) is 0 Å². The van der Waals surface area contributed by atoms with Crippen LogP contribution in [0.3, 0.4) is 0 Å². The standard InChI is InChI=1S/C10H16N4O2/c11-8-1-4-12-9(13-8)14-5-2-10(16,7-15)3-6-14/h1,4,15-16H,2-3,5-7H2,(H2,11,12,13). The highest BCUT2D eigenvalue weighted by molar-refractivity contribution is 5.38. The molecule has 1 fully saturated rings. The molecule has 0 amide bonds. The minimum absolute atomic E-state index is 0.196. The summed E-state index contributed by atoms with van der Waals surface area (Å²) in [5.41, 5.74) is 4.63. The molecule has 1 saturated heterocycles. The highest BCUT2D eigenvalue weighted by Gasteiger charge is 2.32. The number of nitrogens with zero attached hydrogens (tertiary/aromatic N) is 3. The van der Waals surface area contributed by atoms with Crippen LogP contribution in [0.4, 0.5) is 11.8 Å². The van der Waals surface area contributed by atoms with E-state index in [9.17, 15) is 5.11 Å². The maximum atomic E-state index is 9.86. The van der Waals surface area contributed by atoms with Crippen molar-refractivity contribution in [1.82, 2.24) is 9.97 Å². The number of aromatic nitrogens is 2. The molecule has 0 bridgehead atoms. The molecule has 88 valence electrons. The monoisotopic (exact) mass is 224 g/mol. The molecule has 1 aliphatic heterocycles. The number of piperidine rings is 1. The topological polar surface area (TPSA) is 95.5 Å². The SMILES string of the molecule is Nc1ccnc(N2CCC(O)(CO)CC2)n1. The summed E-state index contributed by atoms with van der Waals surface area (Å²) in [4.78, 5) is 10.2. The lowest BCUT2D eigenvalue weighted by Gasteiger charge is -2.36. The molecule has 0 unspecified atom stereocenters. The van der Waals surface area contributed by atoms with Crippen LogP contribution in [0, 0.1) is 0 Å². The Morgan fingerprint density at radius 3 is 2.69 bits per heavy atom. The van der Waals surface area contributed by atoms with Crippen molar-refractivity contribution < 1.29 is 10.2 Å². The lowest BCUT2D eigenvalue weighted by Crippen LogP contribution is -2.47. The molecule has 0 saturated carbocycles. The van der Waals surface area contributed by atoms with Crippen molar-refractivity contribution in [3.63, 3.8) is 0 Å². The molecule has 0 atom stereocenters. The molecule has 6 heteroatoms. The second kappa shape index (κ2) is 4.23. The van der Waals surface area contributed by atoms with Crippen molar-refractivity contribution in [2.45, 2.75) is 18.4 Å². The smallest absolute Gasteiger partial charge is 0.227 e. The Balaban J connectivity index is 2.04. The zero-order chi connectivity index (χ0) is 11.6. The third-order valence-electron chi connectivity index (χ3n) is 2.94. The molecule has 0 aromatic carbocycles. The number of rotatable bonds is 2. The molecule has 1 aliphatic rings. The molecule has 16 heavy (non-hydrogen) atoms. The second-order valence-corrected chi connectivity index (χ2v) is 4.15. The van der Waals surface area contributed by atoms with Crippen molar-refractivity contribution in [3.05, 3.63) is 12.3 Å². The maximum absolute atomic E-state index is 9.86. The van der Waals surface area contributed by atoms with Gasteiger partial charge in [-0.25, -0.2) is 4.98 Å². The highest BCUT2D eigenvalue weighted by atomic mass is 16.3. The van der Waals surface area contributed by atoms with E-state index in [0.29, 0.717) is 37.7 Å². The molecule has 0 aliphatic carbocycles. The van der Waals surface area contributed by atoms with Gasteiger partial charge in [-0.05, 0) is 18.9 Å². The van der Waals surface area contributed by atoms with Gasteiger partial charge < -0.3 is 20.8 Å². The maximum Gasteiger partial charge on any atom is 0.227 e. The predicted octanol–water partition coefficient (Wildman–Crippen LogP) is -0.618. The Kier molecular flexibility index (Phi) is 2.93. The third kappa shape index (κ3) is 2.23. The molecule has 1 aromatic rings. The summed E-state index contributed by atoms with van der Waals surface area (Å²) < 4.78 is 0. The van der Waals surface area contributed by atoms with Gasteiger partial charge in [0.2, 0.25) is 5.95 Å². The van der Waals surface area contributed by atoms with Crippen molar-refractivity contribution >= 4 is 11.8 Å². The van der Waals surface area contributed by atoms with Gasteiger partial charge in [0.05, 0.1) is 12.2 Å². The fourth-order valence-corrected chi connectivity index (χ4v) is 1.80. The molecule has 0 spiro atoms. The van der Waals surface area contributed by atoms with Crippen molar-refractivity contribution in [3.8, 4) is 0 Å². The Morgan fingerprint density at radius 2 is 2.12 bits per heavy atom. The van der Waals surface area contributed by atoms with Crippen molar-refractivity contribution in [2.24, 2.45) is 0 Å². The average Bonchev–Trinajstić information content (AvgIpc) is 2.30. The van der Waals surface area contributed by atoms with Gasteiger partial charge in [-0.2, -0.15) is 4.98 Å². The van der Waals surface area contributed by atoms with Crippen LogP contribution in [-0.4, -0.2) is 45.5 Å². The Hall–Kier alpha value is -1.40. The number of nitrogen functional groups attached to an aromatic ring is 1. The minimum Gasteiger partial charge on any atom is -0.393 e. The highest BCUT2D eigenvalue weighted by Crippen LogP contribution is 2.23. The van der Waals surface area contributed by atoms with Crippen LogP contribution in [0.5, 0.6) is 0 Å². The van der Waals surface area contributed by atoms with E-state index in [1.807, 2.05) is 4.90 Å². The van der Waals surface area contributed by atoms with Gasteiger partial charge in [0.25, 0.3) is 0 Å². The van der Waals surface area contributed by atoms with E-state index < -0.39 is 5.60 Å². The summed E-state index contributed by atoms with van der Waals surface area (Å²) in [7, 11) is 0. The molecule has 2 rings (SSSR count). The number of nitrogens with two attached hydrogens (primary N) is 1. The molecule has 2 heterocycles. The average molecular weight is 224 g/mol. The van der Waals surface area contributed by atoms with Gasteiger partial charge in [-0.15, -0.1) is 0 Å². The summed E-state index contributed by atoms with van der Waals surface area (Å²) in [6, 6.07) is 1.64. The second-order valence-electron chi connectivity index (χ2n) is 4.15. The lowest BCUT2D eigenvalue weighted by molar-refractivity contribution is -0.0327. The molecular weight excluding hydrogens is 208 g/mol. The molecular formula is C10H16N4O2. The van der Waals surface area contributed by atoms with Crippen LogP contribution < -0.4 is 10.6 Å². The van der Waals surface area contributed by atoms with Crippen LogP contribution in [-0.2, 0) is 0 Å². The van der Waals surface area contributed by atoms with Crippen LogP contribution in [0.25, 0.3) is 0 Å². The first-order valence-corrected chi connectivity index (χ1v) is 5.30. The van der Waals surface area contributed by atoms with Gasteiger partial charge in [-0.1, -0.05) is 0 Å². The van der Waals surface area contributed by atoms with Gasteiger partial charge in [0.15, 0.2) is 0 Å². The zero-order valence-corrected chi connectivity index (χ0v) is 9.00. The number of hydrogen-bond donors (Lipinski definition) is 3. The van der Waals surface area contributed by atoms with E-state index in [1.54, 1.807) is 12.3 Å². The quantitative estimate of drug-likeness (QED) is 0.620. The minimum atomic E-state index is -0.948. The number of aliphatic hydroxyl groups is 2. The van der Waals surface area contributed by atoms with Crippen molar-refractivity contribution in [2.75, 3.05) is 30.3 Å². The fourth-order valence-electron chi connectivity index (χ4n) is 1.80.